The van der Waals surface area contributed by atoms with E-state index in [1.54, 1.807) is 0 Å². The van der Waals surface area contributed by atoms with Crippen molar-refractivity contribution in [2.45, 2.75) is 64.5 Å². The minimum atomic E-state index is -2.89. The largest absolute Gasteiger partial charge is 0.393 e. The number of aromatic nitrogens is 2. The second-order valence-electron chi connectivity index (χ2n) is 6.27. The number of amides is 1. The normalized spacial score (nSPS) is 30.0. The molecule has 0 bridgehead atoms. The summed E-state index contributed by atoms with van der Waals surface area (Å²) in [5.41, 5.74) is 3.04. The molecule has 3 atom stereocenters. The maximum absolute atomic E-state index is 11.7. The van der Waals surface area contributed by atoms with Gasteiger partial charge in [-0.1, -0.05) is 6.92 Å². The molecule has 0 aliphatic heterocycles. The number of nitrogens with two attached hydrogens (primary N) is 1. The van der Waals surface area contributed by atoms with Crippen LogP contribution in [0.5, 0.6) is 0 Å². The van der Waals surface area contributed by atoms with Crippen molar-refractivity contribution in [1.29, 1.82) is 0 Å². The molecule has 5 N–H and O–H groups in total. The van der Waals surface area contributed by atoms with Crippen LogP contribution in [0.3, 0.4) is 0 Å². The molecule has 0 spiro atoms. The summed E-state index contributed by atoms with van der Waals surface area (Å²) in [5, 5.41) is 15.5. The van der Waals surface area contributed by atoms with Crippen molar-refractivity contribution in [2.75, 3.05) is 10.6 Å². The predicted octanol–water partition coefficient (Wildman–Crippen LogP) is 1.75. The molecule has 3 unspecified atom stereocenters. The first-order chi connectivity index (χ1) is 13.2. The van der Waals surface area contributed by atoms with E-state index in [-0.39, 0.29) is 29.3 Å². The molecule has 128 valence electrons. The number of anilines is 2. The average Bonchev–Trinajstić information content (AvgIpc) is 2.56. The van der Waals surface area contributed by atoms with Gasteiger partial charge in [0.15, 0.2) is 0 Å². The lowest BCUT2D eigenvalue weighted by molar-refractivity contribution is 0.0739. The second-order valence-corrected chi connectivity index (χ2v) is 6.27. The number of aliphatic hydroxyl groups excluding tert-OH is 1. The van der Waals surface area contributed by atoms with Gasteiger partial charge in [-0.05, 0) is 45.8 Å². The fraction of sp³-hybridized carbons (Fsp3) is 0.688. The number of rotatable bonds is 4. The maximum Gasteiger partial charge on any atom is 0.254 e. The van der Waals surface area contributed by atoms with E-state index in [1.807, 2.05) is 6.92 Å². The first-order valence-corrected chi connectivity index (χ1v) is 7.55. The van der Waals surface area contributed by atoms with Crippen molar-refractivity contribution in [3.63, 3.8) is 0 Å². The summed E-state index contributed by atoms with van der Waals surface area (Å²) in [7, 11) is 0. The molecule has 1 aromatic heterocycles. The second kappa shape index (κ2) is 6.70. The van der Waals surface area contributed by atoms with Gasteiger partial charge in [0.05, 0.1) is 11.7 Å². The van der Waals surface area contributed by atoms with Crippen LogP contribution in [0.25, 0.3) is 0 Å². The molecule has 7 nitrogen and oxygen atoms in total. The third kappa shape index (κ3) is 4.79. The Balaban J connectivity index is 2.36. The molecule has 1 fully saturated rings. The number of aliphatic hydroxyl groups is 1. The van der Waals surface area contributed by atoms with Crippen molar-refractivity contribution in [3.8, 4) is 0 Å². The molecule has 2 rings (SSSR count). The minimum absolute atomic E-state index is 0.0202. The van der Waals surface area contributed by atoms with Gasteiger partial charge in [0.1, 0.15) is 5.82 Å². The van der Waals surface area contributed by atoms with Crippen LogP contribution >= 0.6 is 0 Å². The molecule has 23 heavy (non-hydrogen) atoms. The van der Waals surface area contributed by atoms with Gasteiger partial charge in [-0.25, -0.2) is 4.98 Å². The Labute approximate surface area is 145 Å². The van der Waals surface area contributed by atoms with E-state index < -0.39 is 31.3 Å². The van der Waals surface area contributed by atoms with Gasteiger partial charge in [0.25, 0.3) is 5.91 Å². The molecule has 1 aliphatic carbocycles. The van der Waals surface area contributed by atoms with E-state index in [1.165, 1.54) is 0 Å². The van der Waals surface area contributed by atoms with Crippen LogP contribution in [-0.4, -0.2) is 38.7 Å². The summed E-state index contributed by atoms with van der Waals surface area (Å²) < 4.78 is 45.8. The van der Waals surface area contributed by atoms with E-state index >= 15 is 0 Å². The van der Waals surface area contributed by atoms with Crippen LogP contribution in [0, 0.1) is 5.92 Å². The summed E-state index contributed by atoms with van der Waals surface area (Å²) in [5.74, 6) is -0.846. The van der Waals surface area contributed by atoms with Gasteiger partial charge in [-0.15, -0.1) is 0 Å². The number of nitrogens with zero attached hydrogens (tertiary/aromatic N) is 2. The highest BCUT2D eigenvalue weighted by Crippen LogP contribution is 2.27. The van der Waals surface area contributed by atoms with Gasteiger partial charge < -0.3 is 21.5 Å². The Bertz CT molecular complexity index is 740. The zero-order valence-electron chi connectivity index (χ0n) is 19.3. The molecule has 1 saturated carbocycles. The first kappa shape index (κ1) is 10.8. The standard InChI is InChI=1S/C16H27N5O2/c1-9-5-6-10(7-12(9)22)19-14-11(13(17)23)8-18-15(20-14)21-16(2,3)4/h8-10,12,22H,5-7H2,1-4H3,(H2,17,23)(H2,18,19,20,21)/i2D3,3D3. The quantitative estimate of drug-likeness (QED) is 0.670. The van der Waals surface area contributed by atoms with Crippen LogP contribution < -0.4 is 16.4 Å². The molecule has 7 heteroatoms. The van der Waals surface area contributed by atoms with Crippen LogP contribution in [0.1, 0.15) is 65.4 Å². The highest BCUT2D eigenvalue weighted by Gasteiger charge is 2.27. The summed E-state index contributed by atoms with van der Waals surface area (Å²) >= 11 is 0. The van der Waals surface area contributed by atoms with Crippen LogP contribution in [-0.2, 0) is 0 Å². The average molecular weight is 327 g/mol. The van der Waals surface area contributed by atoms with Crippen molar-refractivity contribution in [1.82, 2.24) is 9.97 Å². The molecule has 1 heterocycles. The van der Waals surface area contributed by atoms with Crippen molar-refractivity contribution < 1.29 is 18.1 Å². The van der Waals surface area contributed by atoms with Crippen molar-refractivity contribution >= 4 is 17.7 Å². The highest BCUT2D eigenvalue weighted by molar-refractivity contribution is 5.97. The molecular formula is C16H27N5O2. The summed E-state index contributed by atoms with van der Waals surface area (Å²) in [6.45, 7) is -2.78. The van der Waals surface area contributed by atoms with Gasteiger partial charge in [0, 0.05) is 26.0 Å². The predicted molar refractivity (Wildman–Crippen MR) is 90.4 cm³/mol. The number of carbonyl (C=O) groups excluding carboxylic acids is 1. The SMILES string of the molecule is [2H]C([2H])([2H])C(C)(Nc1ncc(C(N)=O)c(NC2CCC(C)C(O)C2)n1)C([2H])([2H])[2H]. The Kier molecular flexibility index (Phi) is 3.15. The van der Waals surface area contributed by atoms with Gasteiger partial charge >= 0.3 is 0 Å². The smallest absolute Gasteiger partial charge is 0.254 e. The lowest BCUT2D eigenvalue weighted by Gasteiger charge is -2.32. The Morgan fingerprint density at radius 1 is 1.52 bits per heavy atom. The third-order valence-electron chi connectivity index (χ3n) is 3.91. The first-order valence-electron chi connectivity index (χ1n) is 10.6. The zero-order chi connectivity index (χ0) is 22.2. The fourth-order valence-electron chi connectivity index (χ4n) is 2.58. The van der Waals surface area contributed by atoms with Crippen molar-refractivity contribution in [3.05, 3.63) is 11.8 Å². The molecule has 0 radical (unpaired) electrons. The van der Waals surface area contributed by atoms with Gasteiger partial charge in [-0.2, -0.15) is 4.98 Å². The minimum Gasteiger partial charge on any atom is -0.393 e. The lowest BCUT2D eigenvalue weighted by Crippen LogP contribution is -2.36. The summed E-state index contributed by atoms with van der Waals surface area (Å²) in [4.78, 5) is 19.8. The van der Waals surface area contributed by atoms with E-state index in [2.05, 4.69) is 20.6 Å². The molecule has 1 amide bonds. The van der Waals surface area contributed by atoms with Crippen LogP contribution in [0.2, 0.25) is 0 Å². The Morgan fingerprint density at radius 2 is 2.26 bits per heavy atom. The lowest BCUT2D eigenvalue weighted by atomic mass is 9.85. The van der Waals surface area contributed by atoms with E-state index in [0.29, 0.717) is 6.42 Å². The van der Waals surface area contributed by atoms with Crippen molar-refractivity contribution in [2.24, 2.45) is 11.7 Å². The molecular weight excluding hydrogens is 294 g/mol. The number of primary amides is 1. The van der Waals surface area contributed by atoms with Crippen LogP contribution in [0.15, 0.2) is 6.20 Å². The number of carbonyl (C=O) groups is 1. The molecule has 1 aromatic rings. The highest BCUT2D eigenvalue weighted by atomic mass is 16.3. The third-order valence-corrected chi connectivity index (χ3v) is 3.91. The van der Waals surface area contributed by atoms with Gasteiger partial charge in [0.2, 0.25) is 5.95 Å². The van der Waals surface area contributed by atoms with E-state index in [9.17, 15) is 9.90 Å². The molecule has 0 saturated heterocycles. The summed E-state index contributed by atoms with van der Waals surface area (Å²) in [6.07, 6.45) is 2.55. The van der Waals surface area contributed by atoms with Crippen LogP contribution in [0.4, 0.5) is 11.8 Å². The monoisotopic (exact) mass is 327 g/mol. The Hall–Kier alpha value is -1.89. The molecule has 1 aliphatic rings. The number of hydrogen-bond donors (Lipinski definition) is 4. The number of nitrogens with one attached hydrogen (secondary N) is 2. The molecule has 0 aromatic carbocycles. The summed E-state index contributed by atoms with van der Waals surface area (Å²) in [6, 6.07) is -0.182. The van der Waals surface area contributed by atoms with Gasteiger partial charge in [-0.3, -0.25) is 4.79 Å². The van der Waals surface area contributed by atoms with E-state index in [0.717, 1.165) is 26.0 Å². The maximum atomic E-state index is 11.7. The Morgan fingerprint density at radius 3 is 2.87 bits per heavy atom. The zero-order valence-corrected chi connectivity index (χ0v) is 13.3. The van der Waals surface area contributed by atoms with E-state index in [4.69, 9.17) is 14.0 Å². The topological polar surface area (TPSA) is 113 Å². The number of hydrogen-bond acceptors (Lipinski definition) is 6. The fourth-order valence-corrected chi connectivity index (χ4v) is 2.58.